The summed E-state index contributed by atoms with van der Waals surface area (Å²) < 4.78 is 27.7. The molecule has 1 aliphatic rings. The maximum atomic E-state index is 11.3. The normalized spacial score (nSPS) is 15.0. The van der Waals surface area contributed by atoms with Crippen molar-refractivity contribution < 1.29 is 17.9 Å². The fourth-order valence-electron chi connectivity index (χ4n) is 1.49. The second-order valence-corrected chi connectivity index (χ2v) is 5.95. The molecule has 86 valence electrons. The van der Waals surface area contributed by atoms with Crippen molar-refractivity contribution >= 4 is 31.3 Å². The lowest BCUT2D eigenvalue weighted by Crippen LogP contribution is -2.26. The topological polar surface area (TPSA) is 72.5 Å². The molecule has 0 radical (unpaired) electrons. The van der Waals surface area contributed by atoms with Gasteiger partial charge >= 0.3 is 0 Å². The van der Waals surface area contributed by atoms with Gasteiger partial charge in [-0.2, -0.15) is 0 Å². The van der Waals surface area contributed by atoms with Crippen LogP contribution in [0, 0.1) is 6.92 Å². The lowest BCUT2D eigenvalue weighted by Gasteiger charge is -2.20. The maximum Gasteiger partial charge on any atom is 0.265 e. The first-order valence-corrected chi connectivity index (χ1v) is 6.71. The fraction of sp³-hybridized carbons (Fsp3) is 0.222. The van der Waals surface area contributed by atoms with E-state index in [1.165, 1.54) is 6.07 Å². The molecule has 0 fully saturated rings. The molecule has 0 spiro atoms. The van der Waals surface area contributed by atoms with Crippen LogP contribution in [-0.4, -0.2) is 20.9 Å². The number of fused-ring (bicyclic) bond motifs is 1. The van der Waals surface area contributed by atoms with E-state index in [-0.39, 0.29) is 23.2 Å². The Hall–Kier alpha value is -1.27. The molecule has 0 bridgehead atoms. The first-order valence-electron chi connectivity index (χ1n) is 4.40. The highest BCUT2D eigenvalue weighted by atomic mass is 35.7. The van der Waals surface area contributed by atoms with E-state index < -0.39 is 9.05 Å². The fourth-order valence-corrected chi connectivity index (χ4v) is 2.55. The molecule has 1 aromatic carbocycles. The Morgan fingerprint density at radius 3 is 2.75 bits per heavy atom. The Bertz CT molecular complexity index is 567. The third kappa shape index (κ3) is 1.98. The Labute approximate surface area is 96.8 Å². The van der Waals surface area contributed by atoms with Gasteiger partial charge in [0.2, 0.25) is 0 Å². The average molecular weight is 262 g/mol. The van der Waals surface area contributed by atoms with Gasteiger partial charge in [-0.1, -0.05) is 0 Å². The second-order valence-electron chi connectivity index (χ2n) is 3.41. The van der Waals surface area contributed by atoms with Crippen molar-refractivity contribution in [3.63, 3.8) is 0 Å². The predicted octanol–water partition coefficient (Wildman–Crippen LogP) is 1.25. The monoisotopic (exact) mass is 261 g/mol. The first kappa shape index (κ1) is 11.2. The van der Waals surface area contributed by atoms with Gasteiger partial charge in [0.05, 0.1) is 5.69 Å². The largest absolute Gasteiger partial charge is 0.480 e. The molecule has 5 nitrogen and oxygen atoms in total. The standard InChI is InChI=1S/C9H8ClNO4S/c1-5-2-6-9(15-4-8(12)11-6)7(3-5)16(10,13)14/h2-3H,4H2,1H3,(H,11,12). The average Bonchev–Trinajstić information content (AvgIpc) is 2.14. The van der Waals surface area contributed by atoms with Crippen molar-refractivity contribution in [2.45, 2.75) is 11.8 Å². The molecule has 0 saturated heterocycles. The van der Waals surface area contributed by atoms with Gasteiger partial charge in [0.25, 0.3) is 15.0 Å². The summed E-state index contributed by atoms with van der Waals surface area (Å²) in [5.41, 5.74) is 0.999. The molecular formula is C9H8ClNO4S. The Morgan fingerprint density at radius 1 is 1.44 bits per heavy atom. The third-order valence-electron chi connectivity index (χ3n) is 2.08. The van der Waals surface area contributed by atoms with E-state index in [2.05, 4.69) is 5.32 Å². The van der Waals surface area contributed by atoms with Crippen LogP contribution in [0.2, 0.25) is 0 Å². The molecule has 16 heavy (non-hydrogen) atoms. The van der Waals surface area contributed by atoms with Crippen LogP contribution in [0.4, 0.5) is 5.69 Å². The molecule has 1 aromatic rings. The van der Waals surface area contributed by atoms with Crippen LogP contribution in [0.15, 0.2) is 17.0 Å². The highest BCUT2D eigenvalue weighted by Gasteiger charge is 2.25. The number of aryl methyl sites for hydroxylation is 1. The summed E-state index contributed by atoms with van der Waals surface area (Å²) >= 11 is 0. The number of benzene rings is 1. The third-order valence-corrected chi connectivity index (χ3v) is 3.41. The molecule has 0 unspecified atom stereocenters. The zero-order valence-corrected chi connectivity index (χ0v) is 9.85. The van der Waals surface area contributed by atoms with E-state index in [1.54, 1.807) is 13.0 Å². The summed E-state index contributed by atoms with van der Waals surface area (Å²) in [4.78, 5) is 11.0. The summed E-state index contributed by atoms with van der Waals surface area (Å²) in [6.45, 7) is 1.49. The van der Waals surface area contributed by atoms with Gasteiger partial charge in [-0.25, -0.2) is 8.42 Å². The van der Waals surface area contributed by atoms with Gasteiger partial charge in [-0.3, -0.25) is 4.79 Å². The van der Waals surface area contributed by atoms with Crippen LogP contribution < -0.4 is 10.1 Å². The molecule has 2 rings (SSSR count). The van der Waals surface area contributed by atoms with Gasteiger partial charge < -0.3 is 10.1 Å². The number of ether oxygens (including phenoxy) is 1. The zero-order valence-electron chi connectivity index (χ0n) is 8.28. The number of anilines is 1. The highest BCUT2D eigenvalue weighted by molar-refractivity contribution is 8.13. The van der Waals surface area contributed by atoms with Crippen LogP contribution in [0.5, 0.6) is 5.75 Å². The highest BCUT2D eigenvalue weighted by Crippen LogP contribution is 2.37. The summed E-state index contributed by atoms with van der Waals surface area (Å²) in [7, 11) is 1.40. The lowest BCUT2D eigenvalue weighted by molar-refractivity contribution is -0.118. The Kier molecular flexibility index (Phi) is 2.55. The molecule has 0 atom stereocenters. The number of amides is 1. The second kappa shape index (κ2) is 3.64. The molecule has 1 amide bonds. The zero-order chi connectivity index (χ0) is 11.9. The molecule has 0 saturated carbocycles. The minimum absolute atomic E-state index is 0.0974. The van der Waals surface area contributed by atoms with E-state index in [0.717, 1.165) is 0 Å². The SMILES string of the molecule is Cc1cc2c(c(S(=O)(=O)Cl)c1)OCC(=O)N2. The summed E-state index contributed by atoms with van der Waals surface area (Å²) in [6.07, 6.45) is 0. The summed E-state index contributed by atoms with van der Waals surface area (Å²) in [5, 5.41) is 2.53. The van der Waals surface area contributed by atoms with E-state index >= 15 is 0 Å². The van der Waals surface area contributed by atoms with Gasteiger partial charge in [0.15, 0.2) is 12.4 Å². The number of carbonyl (C=O) groups is 1. The van der Waals surface area contributed by atoms with Crippen LogP contribution in [-0.2, 0) is 13.8 Å². The first-order chi connectivity index (χ1) is 7.38. The Morgan fingerprint density at radius 2 is 2.12 bits per heavy atom. The number of nitrogens with one attached hydrogen (secondary N) is 1. The number of hydrogen-bond acceptors (Lipinski definition) is 4. The molecular weight excluding hydrogens is 254 g/mol. The van der Waals surface area contributed by atoms with Crippen molar-refractivity contribution in [2.75, 3.05) is 11.9 Å². The number of halogens is 1. The van der Waals surface area contributed by atoms with Crippen LogP contribution in [0.25, 0.3) is 0 Å². The number of hydrogen-bond donors (Lipinski definition) is 1. The smallest absolute Gasteiger partial charge is 0.265 e. The van der Waals surface area contributed by atoms with Gasteiger partial charge in [0.1, 0.15) is 4.90 Å². The molecule has 0 aromatic heterocycles. The molecule has 1 N–H and O–H groups in total. The molecule has 0 aliphatic carbocycles. The van der Waals surface area contributed by atoms with Gasteiger partial charge in [0, 0.05) is 10.7 Å². The van der Waals surface area contributed by atoms with Crippen LogP contribution >= 0.6 is 10.7 Å². The predicted molar refractivity (Wildman–Crippen MR) is 58.3 cm³/mol. The van der Waals surface area contributed by atoms with Crippen molar-refractivity contribution in [1.29, 1.82) is 0 Å². The van der Waals surface area contributed by atoms with Crippen molar-refractivity contribution in [1.82, 2.24) is 0 Å². The minimum Gasteiger partial charge on any atom is -0.480 e. The van der Waals surface area contributed by atoms with E-state index in [1.807, 2.05) is 0 Å². The maximum absolute atomic E-state index is 11.3. The summed E-state index contributed by atoms with van der Waals surface area (Å²) in [6, 6.07) is 3.02. The lowest BCUT2D eigenvalue weighted by atomic mass is 10.2. The van der Waals surface area contributed by atoms with Gasteiger partial charge in [-0.05, 0) is 24.6 Å². The van der Waals surface area contributed by atoms with Crippen LogP contribution in [0.1, 0.15) is 5.56 Å². The summed E-state index contributed by atoms with van der Waals surface area (Å²) in [5.74, 6) is -0.226. The minimum atomic E-state index is -3.89. The van der Waals surface area contributed by atoms with Crippen molar-refractivity contribution in [2.24, 2.45) is 0 Å². The Balaban J connectivity index is 2.68. The van der Waals surface area contributed by atoms with E-state index in [9.17, 15) is 13.2 Å². The van der Waals surface area contributed by atoms with E-state index in [4.69, 9.17) is 15.4 Å². The number of carbonyl (C=O) groups excluding carboxylic acids is 1. The molecule has 7 heteroatoms. The van der Waals surface area contributed by atoms with Crippen LogP contribution in [0.3, 0.4) is 0 Å². The van der Waals surface area contributed by atoms with Crippen molar-refractivity contribution in [3.05, 3.63) is 17.7 Å². The van der Waals surface area contributed by atoms with Crippen molar-refractivity contribution in [3.8, 4) is 5.75 Å². The molecule has 1 aliphatic heterocycles. The number of rotatable bonds is 1. The quantitative estimate of drug-likeness (QED) is 0.773. The van der Waals surface area contributed by atoms with Gasteiger partial charge in [-0.15, -0.1) is 0 Å². The van der Waals surface area contributed by atoms with E-state index in [0.29, 0.717) is 11.3 Å². The molecule has 1 heterocycles.